The average Bonchev–Trinajstić information content (AvgIpc) is 2.85. The third kappa shape index (κ3) is 2.03. The number of fused-ring (bicyclic) bond motifs is 2. The van der Waals surface area contributed by atoms with Gasteiger partial charge in [0.15, 0.2) is 0 Å². The Morgan fingerprint density at radius 2 is 1.86 bits per heavy atom. The third-order valence-electron chi connectivity index (χ3n) is 3.55. The molecule has 0 spiro atoms. The summed E-state index contributed by atoms with van der Waals surface area (Å²) in [5, 5.41) is 12.5. The van der Waals surface area contributed by atoms with Crippen LogP contribution in [0.15, 0.2) is 41.5 Å². The van der Waals surface area contributed by atoms with Crippen LogP contribution in [0.2, 0.25) is 0 Å². The van der Waals surface area contributed by atoms with Gasteiger partial charge in [0.05, 0.1) is 23.1 Å². The summed E-state index contributed by atoms with van der Waals surface area (Å²) >= 11 is 0. The largest absolute Gasteiger partial charge is 0.369 e. The van der Waals surface area contributed by atoms with Crippen molar-refractivity contribution < 1.29 is 0 Å². The van der Waals surface area contributed by atoms with E-state index in [1.54, 1.807) is 6.34 Å². The van der Waals surface area contributed by atoms with Gasteiger partial charge >= 0.3 is 0 Å². The van der Waals surface area contributed by atoms with Crippen molar-refractivity contribution >= 4 is 33.7 Å². The summed E-state index contributed by atoms with van der Waals surface area (Å²) in [4.78, 5) is 6.53. The van der Waals surface area contributed by atoms with E-state index in [1.165, 1.54) is 0 Å². The zero-order valence-electron chi connectivity index (χ0n) is 12.3. The number of nitriles is 1. The molecule has 1 aromatic heterocycles. The van der Waals surface area contributed by atoms with Gasteiger partial charge in [-0.25, -0.2) is 4.99 Å². The number of aliphatic imine (C=N–C) groups is 1. The van der Waals surface area contributed by atoms with Crippen LogP contribution in [0.4, 0.5) is 5.69 Å². The smallest absolute Gasteiger partial charge is 0.102 e. The van der Waals surface area contributed by atoms with E-state index in [2.05, 4.69) is 11.1 Å². The van der Waals surface area contributed by atoms with Crippen molar-refractivity contribution in [3.63, 3.8) is 0 Å². The van der Waals surface area contributed by atoms with Gasteiger partial charge in [0.1, 0.15) is 6.07 Å². The summed E-state index contributed by atoms with van der Waals surface area (Å²) < 4.78 is 1.98. The Morgan fingerprint density at radius 3 is 2.52 bits per heavy atom. The van der Waals surface area contributed by atoms with E-state index in [0.29, 0.717) is 5.56 Å². The lowest BCUT2D eigenvalue weighted by Gasteiger charge is -2.10. The standard InChI is InChI=1S/C17H16N4/c1-20(2)11-19-16-13-7-5-4-6-12(13)15(10-18)17-14(16)8-9-21(17)3/h4-9,11H,1-3H3. The van der Waals surface area contributed by atoms with Crippen LogP contribution in [0.3, 0.4) is 0 Å². The van der Waals surface area contributed by atoms with Crippen molar-refractivity contribution in [3.8, 4) is 6.07 Å². The molecule has 0 radical (unpaired) electrons. The Bertz CT molecular complexity index is 894. The topological polar surface area (TPSA) is 44.3 Å². The molecule has 0 aliphatic carbocycles. The first kappa shape index (κ1) is 13.2. The Balaban J connectivity index is 2.52. The van der Waals surface area contributed by atoms with Crippen molar-refractivity contribution in [3.05, 3.63) is 42.1 Å². The fraction of sp³-hybridized carbons (Fsp3) is 0.176. The van der Waals surface area contributed by atoms with Crippen molar-refractivity contribution in [1.82, 2.24) is 9.47 Å². The Labute approximate surface area is 123 Å². The van der Waals surface area contributed by atoms with Gasteiger partial charge in [-0.2, -0.15) is 5.26 Å². The monoisotopic (exact) mass is 276 g/mol. The van der Waals surface area contributed by atoms with Crippen LogP contribution in [0.5, 0.6) is 0 Å². The molecule has 0 bridgehead atoms. The van der Waals surface area contributed by atoms with Gasteiger partial charge in [0, 0.05) is 43.5 Å². The summed E-state index contributed by atoms with van der Waals surface area (Å²) in [6, 6.07) is 12.3. The number of hydrogen-bond acceptors (Lipinski definition) is 2. The van der Waals surface area contributed by atoms with E-state index in [1.807, 2.05) is 67.1 Å². The summed E-state index contributed by atoms with van der Waals surface area (Å²) in [6.07, 6.45) is 3.76. The van der Waals surface area contributed by atoms with E-state index in [9.17, 15) is 5.26 Å². The number of benzene rings is 2. The highest BCUT2D eigenvalue weighted by molar-refractivity contribution is 6.13. The van der Waals surface area contributed by atoms with Crippen LogP contribution in [-0.4, -0.2) is 29.9 Å². The summed E-state index contributed by atoms with van der Waals surface area (Å²) in [5.74, 6) is 0. The molecule has 0 N–H and O–H groups in total. The van der Waals surface area contributed by atoms with Gasteiger partial charge in [-0.1, -0.05) is 24.3 Å². The maximum atomic E-state index is 9.58. The molecular formula is C17H16N4. The fourth-order valence-corrected chi connectivity index (χ4v) is 2.64. The zero-order chi connectivity index (χ0) is 15.0. The van der Waals surface area contributed by atoms with Crippen molar-refractivity contribution in [2.24, 2.45) is 12.0 Å². The Kier molecular flexibility index (Phi) is 3.11. The Hall–Kier alpha value is -2.80. The van der Waals surface area contributed by atoms with E-state index >= 15 is 0 Å². The maximum Gasteiger partial charge on any atom is 0.102 e. The van der Waals surface area contributed by atoms with Gasteiger partial charge in [-0.3, -0.25) is 0 Å². The molecule has 0 aliphatic rings. The quantitative estimate of drug-likeness (QED) is 0.531. The highest BCUT2D eigenvalue weighted by atomic mass is 15.1. The fourth-order valence-electron chi connectivity index (χ4n) is 2.64. The minimum absolute atomic E-state index is 0.705. The van der Waals surface area contributed by atoms with Crippen LogP contribution >= 0.6 is 0 Å². The highest BCUT2D eigenvalue weighted by Crippen LogP contribution is 2.38. The minimum atomic E-state index is 0.705. The van der Waals surface area contributed by atoms with Gasteiger partial charge in [0.25, 0.3) is 0 Å². The molecule has 104 valence electrons. The predicted octanol–water partition coefficient (Wildman–Crippen LogP) is 3.42. The van der Waals surface area contributed by atoms with E-state index in [-0.39, 0.29) is 0 Å². The number of aryl methyl sites for hydroxylation is 1. The van der Waals surface area contributed by atoms with Gasteiger partial charge in [-0.15, -0.1) is 0 Å². The number of hydrogen-bond donors (Lipinski definition) is 0. The molecule has 0 aliphatic heterocycles. The molecule has 0 saturated carbocycles. The molecule has 0 amide bonds. The van der Waals surface area contributed by atoms with Crippen molar-refractivity contribution in [2.75, 3.05) is 14.1 Å². The molecular weight excluding hydrogens is 260 g/mol. The lowest BCUT2D eigenvalue weighted by atomic mass is 10.00. The molecule has 3 aromatic rings. The van der Waals surface area contributed by atoms with Crippen LogP contribution in [-0.2, 0) is 7.05 Å². The number of rotatable bonds is 2. The molecule has 0 saturated heterocycles. The summed E-state index contributed by atoms with van der Waals surface area (Å²) in [7, 11) is 5.84. The highest BCUT2D eigenvalue weighted by Gasteiger charge is 2.15. The van der Waals surface area contributed by atoms with Crippen LogP contribution in [0, 0.1) is 11.3 Å². The lowest BCUT2D eigenvalue weighted by molar-refractivity contribution is 0.643. The van der Waals surface area contributed by atoms with Crippen LogP contribution in [0.25, 0.3) is 21.7 Å². The first-order chi connectivity index (χ1) is 10.1. The average molecular weight is 276 g/mol. The van der Waals surface area contributed by atoms with Gasteiger partial charge in [0.2, 0.25) is 0 Å². The second kappa shape index (κ2) is 4.95. The second-order valence-electron chi connectivity index (χ2n) is 5.28. The Morgan fingerprint density at radius 1 is 1.14 bits per heavy atom. The number of aromatic nitrogens is 1. The zero-order valence-corrected chi connectivity index (χ0v) is 12.3. The predicted molar refractivity (Wildman–Crippen MR) is 87.0 cm³/mol. The second-order valence-corrected chi connectivity index (χ2v) is 5.28. The molecule has 0 fully saturated rings. The van der Waals surface area contributed by atoms with Crippen LogP contribution < -0.4 is 0 Å². The van der Waals surface area contributed by atoms with E-state index < -0.39 is 0 Å². The molecule has 4 heteroatoms. The minimum Gasteiger partial charge on any atom is -0.369 e. The maximum absolute atomic E-state index is 9.58. The molecule has 0 unspecified atom stereocenters. The van der Waals surface area contributed by atoms with E-state index in [0.717, 1.165) is 27.4 Å². The van der Waals surface area contributed by atoms with Crippen molar-refractivity contribution in [1.29, 1.82) is 5.26 Å². The van der Waals surface area contributed by atoms with Gasteiger partial charge < -0.3 is 9.47 Å². The molecule has 2 aromatic carbocycles. The molecule has 1 heterocycles. The SMILES string of the molecule is CN(C)C=Nc1c2ccccc2c(C#N)c2c1ccn2C. The number of nitrogens with zero attached hydrogens (tertiary/aromatic N) is 4. The van der Waals surface area contributed by atoms with Crippen molar-refractivity contribution in [2.45, 2.75) is 0 Å². The third-order valence-corrected chi connectivity index (χ3v) is 3.55. The summed E-state index contributed by atoms with van der Waals surface area (Å²) in [6.45, 7) is 0. The normalized spacial score (nSPS) is 11.3. The molecule has 21 heavy (non-hydrogen) atoms. The van der Waals surface area contributed by atoms with E-state index in [4.69, 9.17) is 0 Å². The first-order valence-corrected chi connectivity index (χ1v) is 6.74. The first-order valence-electron chi connectivity index (χ1n) is 6.74. The lowest BCUT2D eigenvalue weighted by Crippen LogP contribution is -2.07. The molecule has 4 nitrogen and oxygen atoms in total. The molecule has 3 rings (SSSR count). The molecule has 0 atom stereocenters. The van der Waals surface area contributed by atoms with Crippen LogP contribution in [0.1, 0.15) is 5.56 Å². The summed E-state index contributed by atoms with van der Waals surface area (Å²) in [5.41, 5.74) is 2.55. The van der Waals surface area contributed by atoms with Gasteiger partial charge in [-0.05, 0) is 6.07 Å².